The predicted molar refractivity (Wildman–Crippen MR) is 110 cm³/mol. The third kappa shape index (κ3) is 2.96. The number of nitrogens with one attached hydrogen (secondary N) is 1. The molecule has 1 unspecified atom stereocenters. The average Bonchev–Trinajstić information content (AvgIpc) is 3.15. The van der Waals surface area contributed by atoms with Crippen molar-refractivity contribution in [1.29, 1.82) is 0 Å². The molecular weight excluding hydrogens is 384 g/mol. The summed E-state index contributed by atoms with van der Waals surface area (Å²) in [6.07, 6.45) is 1.17. The number of imidazole rings is 1. The summed E-state index contributed by atoms with van der Waals surface area (Å²) in [5.41, 5.74) is 4.65. The van der Waals surface area contributed by atoms with Gasteiger partial charge in [-0.25, -0.2) is 13.6 Å². The molecule has 152 valence electrons. The molecule has 1 aliphatic rings. The standard InChI is InChI=1S/C21H20N6O3/c1-30-17-9-7-14(8-10-17)11-18-19(29)26(15-5-3-2-4-6-15)21-24-25-13-16(28)12-22-23-20(25)27(18)21/h2-11,16,22,28H,12-13H2,1H3/b18-11+. The minimum atomic E-state index is -0.634. The number of aliphatic hydroxyl groups is 1. The number of fused-ring (bicyclic) bond motifs is 3. The van der Waals surface area contributed by atoms with Crippen LogP contribution in [-0.2, 0) is 6.54 Å². The molecule has 4 aromatic rings. The first-order chi connectivity index (χ1) is 14.7. The molecule has 9 heteroatoms. The maximum absolute atomic E-state index is 13.4. The smallest absolute Gasteiger partial charge is 0.282 e. The molecule has 2 aromatic heterocycles. The van der Waals surface area contributed by atoms with Crippen LogP contribution >= 0.6 is 0 Å². The van der Waals surface area contributed by atoms with E-state index in [-0.39, 0.29) is 12.1 Å². The molecule has 0 radical (unpaired) electrons. The summed E-state index contributed by atoms with van der Waals surface area (Å²) in [7, 11) is 1.61. The molecule has 0 bridgehead atoms. The van der Waals surface area contributed by atoms with E-state index in [4.69, 9.17) is 4.74 Å². The van der Waals surface area contributed by atoms with Gasteiger partial charge in [-0.05, 0) is 35.9 Å². The number of hydrogen-bond acceptors (Lipinski definition) is 6. The highest BCUT2D eigenvalue weighted by molar-refractivity contribution is 5.53. The van der Waals surface area contributed by atoms with Crippen LogP contribution in [-0.4, -0.2) is 43.6 Å². The average molecular weight is 404 g/mol. The maximum Gasteiger partial charge on any atom is 0.282 e. The number of aromatic nitrogens is 4. The lowest BCUT2D eigenvalue weighted by Crippen LogP contribution is -2.37. The molecule has 5 rings (SSSR count). The van der Waals surface area contributed by atoms with Crippen molar-refractivity contribution in [3.63, 3.8) is 0 Å². The van der Waals surface area contributed by atoms with Gasteiger partial charge in [-0.15, -0.1) is 10.2 Å². The minimum absolute atomic E-state index is 0.206. The van der Waals surface area contributed by atoms with Crippen molar-refractivity contribution in [3.05, 3.63) is 81.5 Å². The summed E-state index contributed by atoms with van der Waals surface area (Å²) in [5.74, 6) is 1.17. The number of methoxy groups -OCH3 is 1. The van der Waals surface area contributed by atoms with E-state index >= 15 is 0 Å². The lowest BCUT2D eigenvalue weighted by molar-refractivity contribution is 0.151. The van der Waals surface area contributed by atoms with E-state index in [1.165, 1.54) is 0 Å². The van der Waals surface area contributed by atoms with Crippen molar-refractivity contribution in [2.45, 2.75) is 12.6 Å². The number of para-hydroxylation sites is 1. The van der Waals surface area contributed by atoms with E-state index < -0.39 is 6.10 Å². The Morgan fingerprint density at radius 1 is 1.17 bits per heavy atom. The molecule has 3 heterocycles. The van der Waals surface area contributed by atoms with Gasteiger partial charge in [-0.3, -0.25) is 4.79 Å². The fourth-order valence-corrected chi connectivity index (χ4v) is 3.57. The zero-order valence-corrected chi connectivity index (χ0v) is 16.3. The van der Waals surface area contributed by atoms with Crippen LogP contribution in [0.25, 0.3) is 17.5 Å². The predicted octanol–water partition coefficient (Wildman–Crippen LogP) is -0.377. The van der Waals surface area contributed by atoms with Crippen LogP contribution in [0.5, 0.6) is 5.75 Å². The van der Waals surface area contributed by atoms with Gasteiger partial charge in [0.1, 0.15) is 11.1 Å². The number of ether oxygens (including phenoxy) is 1. The second-order valence-electron chi connectivity index (χ2n) is 7.02. The Kier molecular flexibility index (Phi) is 4.36. The molecule has 0 fully saturated rings. The normalized spacial score (nSPS) is 16.6. The van der Waals surface area contributed by atoms with E-state index in [1.54, 1.807) is 26.8 Å². The number of hydrogen-bond donors (Lipinski definition) is 2. The van der Waals surface area contributed by atoms with Gasteiger partial charge in [0.05, 0.1) is 32.0 Å². The Bertz CT molecular complexity index is 1380. The Morgan fingerprint density at radius 2 is 1.93 bits per heavy atom. The topological polar surface area (TPSA) is 98.1 Å². The molecule has 1 aliphatic heterocycles. The van der Waals surface area contributed by atoms with Gasteiger partial charge in [0.15, 0.2) is 0 Å². The molecule has 2 aromatic carbocycles. The van der Waals surface area contributed by atoms with Crippen molar-refractivity contribution in [1.82, 2.24) is 24.2 Å². The fourth-order valence-electron chi connectivity index (χ4n) is 3.57. The quantitative estimate of drug-likeness (QED) is 0.485. The summed E-state index contributed by atoms with van der Waals surface area (Å²) in [5, 5.41) is 19.5. The van der Waals surface area contributed by atoms with E-state index in [2.05, 4.69) is 15.6 Å². The van der Waals surface area contributed by atoms with Gasteiger partial charge in [-0.2, -0.15) is 0 Å². The van der Waals surface area contributed by atoms with Gasteiger partial charge in [-0.1, -0.05) is 30.3 Å². The summed E-state index contributed by atoms with van der Waals surface area (Å²) >= 11 is 0. The molecular formula is C21H20N6O3. The van der Waals surface area contributed by atoms with Crippen molar-refractivity contribution in [3.8, 4) is 11.4 Å². The highest BCUT2D eigenvalue weighted by Crippen LogP contribution is 2.12. The first-order valence-electron chi connectivity index (χ1n) is 9.56. The Morgan fingerprint density at radius 3 is 2.67 bits per heavy atom. The third-order valence-corrected chi connectivity index (χ3v) is 5.03. The summed E-state index contributed by atoms with van der Waals surface area (Å²) < 4.78 is 10.1. The summed E-state index contributed by atoms with van der Waals surface area (Å²) in [6.45, 7) is 0.588. The summed E-state index contributed by atoms with van der Waals surface area (Å²) in [4.78, 5) is 13.4. The van der Waals surface area contributed by atoms with E-state index in [0.717, 1.165) is 11.3 Å². The van der Waals surface area contributed by atoms with Gasteiger partial charge in [0.25, 0.3) is 11.2 Å². The Hall–Kier alpha value is -3.85. The van der Waals surface area contributed by atoms with Gasteiger partial charge >= 0.3 is 0 Å². The lowest BCUT2D eigenvalue weighted by atomic mass is 10.2. The van der Waals surface area contributed by atoms with Crippen LogP contribution in [0.2, 0.25) is 0 Å². The van der Waals surface area contributed by atoms with Crippen molar-refractivity contribution in [2.75, 3.05) is 13.7 Å². The molecule has 0 spiro atoms. The second-order valence-corrected chi connectivity index (χ2v) is 7.02. The first-order valence-corrected chi connectivity index (χ1v) is 9.56. The van der Waals surface area contributed by atoms with Gasteiger partial charge < -0.3 is 15.3 Å². The molecule has 9 nitrogen and oxygen atoms in total. The fraction of sp³-hybridized carbons (Fsp3) is 0.190. The van der Waals surface area contributed by atoms with E-state index in [9.17, 15) is 9.90 Å². The minimum Gasteiger partial charge on any atom is -0.497 e. The van der Waals surface area contributed by atoms with E-state index in [1.807, 2.05) is 54.6 Å². The maximum atomic E-state index is 13.4. The van der Waals surface area contributed by atoms with Gasteiger partial charge in [0.2, 0.25) is 5.78 Å². The van der Waals surface area contributed by atoms with Crippen molar-refractivity contribution < 1.29 is 9.84 Å². The zero-order valence-electron chi connectivity index (χ0n) is 16.3. The van der Waals surface area contributed by atoms with E-state index in [0.29, 0.717) is 29.0 Å². The molecule has 1 atom stereocenters. The third-order valence-electron chi connectivity index (χ3n) is 5.03. The Labute approximate surface area is 170 Å². The van der Waals surface area contributed by atoms with Crippen LogP contribution in [0.15, 0.2) is 64.5 Å². The molecule has 2 N–H and O–H groups in total. The van der Waals surface area contributed by atoms with Crippen LogP contribution in [0, 0.1) is 0 Å². The monoisotopic (exact) mass is 404 g/mol. The molecule has 0 saturated carbocycles. The molecule has 0 saturated heterocycles. The molecule has 30 heavy (non-hydrogen) atoms. The number of nitrogens with zero attached hydrogens (tertiary/aromatic N) is 5. The molecule has 0 aliphatic carbocycles. The summed E-state index contributed by atoms with van der Waals surface area (Å²) in [6, 6.07) is 16.8. The second kappa shape index (κ2) is 7.20. The van der Waals surface area contributed by atoms with Crippen LogP contribution in [0.1, 0.15) is 5.56 Å². The highest BCUT2D eigenvalue weighted by atomic mass is 16.5. The van der Waals surface area contributed by atoms with Gasteiger partial charge in [0, 0.05) is 0 Å². The largest absolute Gasteiger partial charge is 0.497 e. The number of aliphatic hydroxyl groups excluding tert-OH is 1. The van der Waals surface area contributed by atoms with Crippen LogP contribution in [0.3, 0.4) is 0 Å². The first kappa shape index (κ1) is 18.2. The van der Waals surface area contributed by atoms with Crippen LogP contribution in [0.4, 0.5) is 0 Å². The van der Waals surface area contributed by atoms with Crippen molar-refractivity contribution >= 4 is 11.9 Å². The number of rotatable bonds is 3. The Balaban J connectivity index is 1.85. The lowest BCUT2D eigenvalue weighted by Gasteiger charge is -2.05. The van der Waals surface area contributed by atoms with Crippen LogP contribution < -0.4 is 26.7 Å². The SMILES string of the molecule is COc1ccc(/C=c2\c(=O)n(-c3ccccc3)c3nn4c(n23)=NNCC(O)C4)cc1. The number of β-amino-alcohol motifs (C(OH)–C–C–N with tert-alkyl or cyclic N) is 1. The van der Waals surface area contributed by atoms with Crippen molar-refractivity contribution in [2.24, 2.45) is 5.10 Å². The highest BCUT2D eigenvalue weighted by Gasteiger charge is 2.21. The number of benzene rings is 2. The zero-order chi connectivity index (χ0) is 20.7. The molecule has 0 amide bonds.